The van der Waals surface area contributed by atoms with Gasteiger partial charge in [-0.05, 0) is 30.9 Å². The summed E-state index contributed by atoms with van der Waals surface area (Å²) in [6.45, 7) is 4.33. The average molecular weight is 244 g/mol. The van der Waals surface area contributed by atoms with E-state index < -0.39 is 0 Å². The fourth-order valence-corrected chi connectivity index (χ4v) is 2.74. The van der Waals surface area contributed by atoms with Crippen molar-refractivity contribution in [3.8, 4) is 0 Å². The van der Waals surface area contributed by atoms with Crippen LogP contribution in [0.5, 0.6) is 0 Å². The molecule has 2 aromatic heterocycles. The molecular formula is C14H20N4. The van der Waals surface area contributed by atoms with E-state index in [2.05, 4.69) is 30.1 Å². The van der Waals surface area contributed by atoms with Crippen LogP contribution in [-0.4, -0.2) is 19.8 Å². The molecule has 2 heterocycles. The Hall–Kier alpha value is -1.45. The summed E-state index contributed by atoms with van der Waals surface area (Å²) in [6, 6.07) is 4.08. The Morgan fingerprint density at radius 2 is 1.89 bits per heavy atom. The van der Waals surface area contributed by atoms with Gasteiger partial charge < -0.3 is 0 Å². The summed E-state index contributed by atoms with van der Waals surface area (Å²) in [4.78, 5) is 0. The molecule has 4 nitrogen and oxygen atoms in total. The maximum atomic E-state index is 4.70. The molecule has 0 N–H and O–H groups in total. The lowest BCUT2D eigenvalue weighted by Gasteiger charge is -2.19. The molecule has 96 valence electrons. The first-order chi connectivity index (χ1) is 8.75. The first-order valence-corrected chi connectivity index (χ1v) is 6.98. The van der Waals surface area contributed by atoms with Crippen molar-refractivity contribution in [3.05, 3.63) is 23.7 Å². The van der Waals surface area contributed by atoms with Crippen LogP contribution in [0.2, 0.25) is 0 Å². The van der Waals surface area contributed by atoms with Crippen molar-refractivity contribution in [3.63, 3.8) is 0 Å². The van der Waals surface area contributed by atoms with E-state index >= 15 is 0 Å². The summed E-state index contributed by atoms with van der Waals surface area (Å²) in [5, 5.41) is 13.3. The molecule has 1 aliphatic carbocycles. The SMILES string of the molecule is CC(C)c1ccc2nnc(C3CCCCC3)n2n1. The summed E-state index contributed by atoms with van der Waals surface area (Å²) in [5.74, 6) is 2.05. The molecule has 3 rings (SSSR count). The van der Waals surface area contributed by atoms with Crippen LogP contribution >= 0.6 is 0 Å². The number of aromatic nitrogens is 4. The molecule has 0 spiro atoms. The minimum Gasteiger partial charge on any atom is -0.197 e. The van der Waals surface area contributed by atoms with Crippen LogP contribution in [0.1, 0.15) is 69.3 Å². The second-order valence-electron chi connectivity index (χ2n) is 5.58. The first-order valence-electron chi connectivity index (χ1n) is 6.98. The van der Waals surface area contributed by atoms with E-state index in [0.717, 1.165) is 17.2 Å². The monoisotopic (exact) mass is 244 g/mol. The summed E-state index contributed by atoms with van der Waals surface area (Å²) in [5.41, 5.74) is 1.99. The maximum absolute atomic E-state index is 4.70. The van der Waals surface area contributed by atoms with Crippen LogP contribution in [0, 0.1) is 0 Å². The van der Waals surface area contributed by atoms with E-state index in [-0.39, 0.29) is 0 Å². The van der Waals surface area contributed by atoms with Crippen molar-refractivity contribution in [1.82, 2.24) is 19.8 Å². The topological polar surface area (TPSA) is 43.1 Å². The number of nitrogens with zero attached hydrogens (tertiary/aromatic N) is 4. The lowest BCUT2D eigenvalue weighted by atomic mass is 9.89. The zero-order valence-corrected chi connectivity index (χ0v) is 11.1. The highest BCUT2D eigenvalue weighted by Gasteiger charge is 2.21. The van der Waals surface area contributed by atoms with Crippen LogP contribution in [0.15, 0.2) is 12.1 Å². The molecule has 1 fully saturated rings. The normalized spacial score (nSPS) is 17.7. The molecule has 1 saturated carbocycles. The number of hydrogen-bond donors (Lipinski definition) is 0. The van der Waals surface area contributed by atoms with Gasteiger partial charge in [-0.1, -0.05) is 33.1 Å². The van der Waals surface area contributed by atoms with Crippen LogP contribution in [0.4, 0.5) is 0 Å². The van der Waals surface area contributed by atoms with Gasteiger partial charge in [-0.2, -0.15) is 9.61 Å². The van der Waals surface area contributed by atoms with Crippen molar-refractivity contribution in [2.24, 2.45) is 0 Å². The molecule has 18 heavy (non-hydrogen) atoms. The third-order valence-corrected chi connectivity index (χ3v) is 3.87. The van der Waals surface area contributed by atoms with Crippen molar-refractivity contribution in [1.29, 1.82) is 0 Å². The predicted molar refractivity (Wildman–Crippen MR) is 70.7 cm³/mol. The summed E-state index contributed by atoms with van der Waals surface area (Å²) >= 11 is 0. The highest BCUT2D eigenvalue weighted by Crippen LogP contribution is 2.31. The van der Waals surface area contributed by atoms with Crippen molar-refractivity contribution in [2.45, 2.75) is 57.8 Å². The largest absolute Gasteiger partial charge is 0.197 e. The van der Waals surface area contributed by atoms with Crippen molar-refractivity contribution in [2.75, 3.05) is 0 Å². The van der Waals surface area contributed by atoms with E-state index in [1.807, 2.05) is 10.6 Å². The Morgan fingerprint density at radius 1 is 1.11 bits per heavy atom. The van der Waals surface area contributed by atoms with Gasteiger partial charge in [0.2, 0.25) is 0 Å². The van der Waals surface area contributed by atoms with Crippen molar-refractivity contribution < 1.29 is 0 Å². The van der Waals surface area contributed by atoms with Gasteiger partial charge in [0.1, 0.15) is 0 Å². The predicted octanol–water partition coefficient (Wildman–Crippen LogP) is 3.30. The zero-order chi connectivity index (χ0) is 12.5. The molecule has 2 aromatic rings. The Bertz CT molecular complexity index is 538. The summed E-state index contributed by atoms with van der Waals surface area (Å²) in [7, 11) is 0. The highest BCUT2D eigenvalue weighted by atomic mass is 15.4. The van der Waals surface area contributed by atoms with Gasteiger partial charge in [0, 0.05) is 5.92 Å². The van der Waals surface area contributed by atoms with Gasteiger partial charge in [0.15, 0.2) is 11.5 Å². The van der Waals surface area contributed by atoms with Crippen LogP contribution < -0.4 is 0 Å². The van der Waals surface area contributed by atoms with E-state index in [9.17, 15) is 0 Å². The minimum absolute atomic E-state index is 0.441. The van der Waals surface area contributed by atoms with Gasteiger partial charge in [0.05, 0.1) is 5.69 Å². The minimum atomic E-state index is 0.441. The highest BCUT2D eigenvalue weighted by molar-refractivity contribution is 5.37. The van der Waals surface area contributed by atoms with Crippen LogP contribution in [0.25, 0.3) is 5.65 Å². The number of hydrogen-bond acceptors (Lipinski definition) is 3. The molecule has 0 radical (unpaired) electrons. The zero-order valence-electron chi connectivity index (χ0n) is 11.1. The summed E-state index contributed by atoms with van der Waals surface area (Å²) < 4.78 is 1.96. The molecule has 0 unspecified atom stereocenters. The summed E-state index contributed by atoms with van der Waals surface area (Å²) in [6.07, 6.45) is 6.44. The second kappa shape index (κ2) is 4.67. The van der Waals surface area contributed by atoms with E-state index in [4.69, 9.17) is 5.10 Å². The number of rotatable bonds is 2. The standard InChI is InChI=1S/C14H20N4/c1-10(2)12-8-9-13-15-16-14(18(13)17-12)11-6-4-3-5-7-11/h8-11H,3-7H2,1-2H3. The molecular weight excluding hydrogens is 224 g/mol. The van der Waals surface area contributed by atoms with Crippen LogP contribution in [-0.2, 0) is 0 Å². The Balaban J connectivity index is 2.03. The van der Waals surface area contributed by atoms with Gasteiger partial charge >= 0.3 is 0 Å². The lowest BCUT2D eigenvalue weighted by Crippen LogP contribution is -2.11. The average Bonchev–Trinajstić information content (AvgIpc) is 2.82. The number of fused-ring (bicyclic) bond motifs is 1. The molecule has 0 aromatic carbocycles. The van der Waals surface area contributed by atoms with Gasteiger partial charge in [0.25, 0.3) is 0 Å². The van der Waals surface area contributed by atoms with Gasteiger partial charge in [-0.25, -0.2) is 0 Å². The Labute approximate surface area is 107 Å². The lowest BCUT2D eigenvalue weighted by molar-refractivity contribution is 0.422. The van der Waals surface area contributed by atoms with Crippen LogP contribution in [0.3, 0.4) is 0 Å². The van der Waals surface area contributed by atoms with E-state index in [1.165, 1.54) is 32.1 Å². The third-order valence-electron chi connectivity index (χ3n) is 3.87. The quantitative estimate of drug-likeness (QED) is 0.814. The molecule has 1 aliphatic rings. The molecule has 0 saturated heterocycles. The molecule has 0 amide bonds. The van der Waals surface area contributed by atoms with Gasteiger partial charge in [-0.3, -0.25) is 0 Å². The van der Waals surface area contributed by atoms with E-state index in [0.29, 0.717) is 11.8 Å². The molecule has 0 atom stereocenters. The smallest absolute Gasteiger partial charge is 0.177 e. The molecule has 0 aliphatic heterocycles. The van der Waals surface area contributed by atoms with Gasteiger partial charge in [-0.15, -0.1) is 10.2 Å². The fourth-order valence-electron chi connectivity index (χ4n) is 2.74. The Morgan fingerprint density at radius 3 is 2.61 bits per heavy atom. The van der Waals surface area contributed by atoms with Crippen molar-refractivity contribution >= 4 is 5.65 Å². The Kier molecular flexibility index (Phi) is 3.02. The molecule has 0 bridgehead atoms. The first kappa shape index (κ1) is 11.6. The molecule has 4 heteroatoms. The maximum Gasteiger partial charge on any atom is 0.177 e. The second-order valence-corrected chi connectivity index (χ2v) is 5.58. The third kappa shape index (κ3) is 2.00. The van der Waals surface area contributed by atoms with E-state index in [1.54, 1.807) is 0 Å². The fraction of sp³-hybridized carbons (Fsp3) is 0.643.